The second kappa shape index (κ2) is 6.58. The summed E-state index contributed by atoms with van der Waals surface area (Å²) in [6, 6.07) is 16.8. The molecule has 0 radical (unpaired) electrons. The Morgan fingerprint density at radius 2 is 1.73 bits per heavy atom. The van der Waals surface area contributed by atoms with Crippen molar-refractivity contribution in [3.8, 4) is 0 Å². The second-order valence-electron chi connectivity index (χ2n) is 5.17. The van der Waals surface area contributed by atoms with Crippen molar-refractivity contribution in [3.05, 3.63) is 63.7 Å². The fourth-order valence-corrected chi connectivity index (χ4v) is 2.85. The Labute approximate surface area is 142 Å². The van der Waals surface area contributed by atoms with E-state index in [9.17, 15) is 9.59 Å². The van der Waals surface area contributed by atoms with Crippen molar-refractivity contribution in [2.75, 3.05) is 4.90 Å². The molecule has 4 nitrogen and oxygen atoms in total. The largest absolute Gasteiger partial charge is 0.301 e. The molecule has 112 valence electrons. The molecule has 0 bridgehead atoms. The zero-order valence-corrected chi connectivity index (χ0v) is 14.0. The van der Waals surface area contributed by atoms with Crippen LogP contribution in [0.5, 0.6) is 0 Å². The van der Waals surface area contributed by atoms with E-state index in [4.69, 9.17) is 0 Å². The summed E-state index contributed by atoms with van der Waals surface area (Å²) >= 11 is 2.19. The van der Waals surface area contributed by atoms with Crippen LogP contribution in [0.4, 0.5) is 5.69 Å². The minimum Gasteiger partial charge on any atom is -0.301 e. The number of hydrogen-bond donors (Lipinski definition) is 1. The molecule has 1 atom stereocenters. The summed E-state index contributed by atoms with van der Waals surface area (Å²) in [5.74, 6) is -0.334. The molecular weight excluding hydrogens is 391 g/mol. The van der Waals surface area contributed by atoms with Gasteiger partial charge in [-0.15, -0.1) is 0 Å². The molecule has 1 unspecified atom stereocenters. The number of amides is 2. The highest BCUT2D eigenvalue weighted by Gasteiger charge is 2.39. The smallest absolute Gasteiger partial charge is 0.251 e. The topological polar surface area (TPSA) is 49.4 Å². The number of carbonyl (C=O) groups excluding carboxylic acids is 2. The van der Waals surface area contributed by atoms with E-state index < -0.39 is 6.04 Å². The Kier molecular flexibility index (Phi) is 4.54. The molecule has 2 aromatic rings. The van der Waals surface area contributed by atoms with Gasteiger partial charge in [-0.25, -0.2) is 4.90 Å². The molecule has 0 aliphatic carbocycles. The van der Waals surface area contributed by atoms with Gasteiger partial charge in [-0.3, -0.25) is 9.59 Å². The van der Waals surface area contributed by atoms with Gasteiger partial charge < -0.3 is 5.32 Å². The van der Waals surface area contributed by atoms with E-state index in [-0.39, 0.29) is 18.2 Å². The van der Waals surface area contributed by atoms with Crippen molar-refractivity contribution < 1.29 is 9.59 Å². The number of hydrogen-bond acceptors (Lipinski definition) is 3. The first-order valence-electron chi connectivity index (χ1n) is 7.05. The standard InChI is InChI=1S/C17H15IN2O2/c18-13-6-8-14(9-7-13)20-16(21)10-15(17(20)22)19-11-12-4-2-1-3-5-12/h1-9,15,19H,10-11H2. The highest BCUT2D eigenvalue weighted by molar-refractivity contribution is 14.1. The summed E-state index contributed by atoms with van der Waals surface area (Å²) in [4.78, 5) is 25.9. The van der Waals surface area contributed by atoms with Gasteiger partial charge in [-0.2, -0.15) is 0 Å². The van der Waals surface area contributed by atoms with Crippen molar-refractivity contribution in [2.24, 2.45) is 0 Å². The third-order valence-electron chi connectivity index (χ3n) is 3.63. The van der Waals surface area contributed by atoms with Gasteiger partial charge in [0.1, 0.15) is 0 Å². The van der Waals surface area contributed by atoms with Crippen LogP contribution < -0.4 is 10.2 Å². The van der Waals surface area contributed by atoms with Gasteiger partial charge in [0.05, 0.1) is 18.2 Å². The molecule has 1 fully saturated rings. The van der Waals surface area contributed by atoms with E-state index in [2.05, 4.69) is 27.9 Å². The van der Waals surface area contributed by atoms with Crippen molar-refractivity contribution in [1.29, 1.82) is 0 Å². The Morgan fingerprint density at radius 3 is 2.41 bits per heavy atom. The average molecular weight is 406 g/mol. The highest BCUT2D eigenvalue weighted by Crippen LogP contribution is 2.23. The summed E-state index contributed by atoms with van der Waals surface area (Å²) in [7, 11) is 0. The summed E-state index contributed by atoms with van der Waals surface area (Å²) in [6.07, 6.45) is 0.206. The number of rotatable bonds is 4. The summed E-state index contributed by atoms with van der Waals surface area (Å²) in [6.45, 7) is 0.574. The second-order valence-corrected chi connectivity index (χ2v) is 6.41. The van der Waals surface area contributed by atoms with Gasteiger partial charge >= 0.3 is 0 Å². The van der Waals surface area contributed by atoms with Crippen molar-refractivity contribution in [1.82, 2.24) is 5.32 Å². The number of carbonyl (C=O) groups is 2. The van der Waals surface area contributed by atoms with Gasteiger partial charge in [-0.1, -0.05) is 30.3 Å². The number of anilines is 1. The van der Waals surface area contributed by atoms with Crippen molar-refractivity contribution in [2.45, 2.75) is 19.0 Å². The maximum absolute atomic E-state index is 12.5. The molecular formula is C17H15IN2O2. The lowest BCUT2D eigenvalue weighted by molar-refractivity contribution is -0.121. The zero-order valence-electron chi connectivity index (χ0n) is 11.8. The predicted octanol–water partition coefficient (Wildman–Crippen LogP) is 2.71. The van der Waals surface area contributed by atoms with E-state index in [1.165, 1.54) is 4.90 Å². The van der Waals surface area contributed by atoms with Gasteiger partial charge in [0.25, 0.3) is 5.91 Å². The first-order chi connectivity index (χ1) is 10.6. The van der Waals surface area contributed by atoms with Gasteiger partial charge in [0.2, 0.25) is 5.91 Å². The molecule has 1 N–H and O–H groups in total. The minimum absolute atomic E-state index is 0.156. The van der Waals surface area contributed by atoms with Crippen LogP contribution in [0.1, 0.15) is 12.0 Å². The number of imide groups is 1. The minimum atomic E-state index is -0.452. The zero-order chi connectivity index (χ0) is 15.5. The van der Waals surface area contributed by atoms with Gasteiger partial charge in [-0.05, 0) is 52.4 Å². The van der Waals surface area contributed by atoms with Crippen LogP contribution in [0.2, 0.25) is 0 Å². The Bertz CT molecular complexity index is 686. The van der Waals surface area contributed by atoms with Crippen LogP contribution in [-0.2, 0) is 16.1 Å². The fourth-order valence-electron chi connectivity index (χ4n) is 2.49. The monoisotopic (exact) mass is 406 g/mol. The Hall–Kier alpha value is -1.73. The van der Waals surface area contributed by atoms with Crippen LogP contribution >= 0.6 is 22.6 Å². The van der Waals surface area contributed by atoms with Crippen LogP contribution in [0.25, 0.3) is 0 Å². The lowest BCUT2D eigenvalue weighted by Crippen LogP contribution is -2.38. The molecule has 5 heteroatoms. The number of nitrogens with zero attached hydrogens (tertiary/aromatic N) is 1. The van der Waals surface area contributed by atoms with E-state index in [1.54, 1.807) is 12.1 Å². The van der Waals surface area contributed by atoms with Crippen molar-refractivity contribution >= 4 is 40.1 Å². The molecule has 0 saturated carbocycles. The molecule has 0 spiro atoms. The molecule has 22 heavy (non-hydrogen) atoms. The Morgan fingerprint density at radius 1 is 1.05 bits per heavy atom. The maximum Gasteiger partial charge on any atom is 0.251 e. The number of halogens is 1. The van der Waals surface area contributed by atoms with Crippen molar-refractivity contribution in [3.63, 3.8) is 0 Å². The predicted molar refractivity (Wildman–Crippen MR) is 93.3 cm³/mol. The SMILES string of the molecule is O=C1CC(NCc2ccccc2)C(=O)N1c1ccc(I)cc1. The molecule has 0 aromatic heterocycles. The first kappa shape index (κ1) is 15.2. The molecule has 1 heterocycles. The lowest BCUT2D eigenvalue weighted by Gasteiger charge is -2.15. The molecule has 1 aliphatic rings. The maximum atomic E-state index is 12.5. The highest BCUT2D eigenvalue weighted by atomic mass is 127. The molecule has 2 aromatic carbocycles. The normalized spacial score (nSPS) is 18.0. The third kappa shape index (κ3) is 3.20. The average Bonchev–Trinajstić information content (AvgIpc) is 2.82. The molecule has 1 saturated heterocycles. The van der Waals surface area contributed by atoms with Crippen LogP contribution in [0.15, 0.2) is 54.6 Å². The fraction of sp³-hybridized carbons (Fsp3) is 0.176. The van der Waals surface area contributed by atoms with Crippen LogP contribution in [0, 0.1) is 3.57 Å². The van der Waals surface area contributed by atoms with E-state index in [1.807, 2.05) is 42.5 Å². The first-order valence-corrected chi connectivity index (χ1v) is 8.13. The molecule has 1 aliphatic heterocycles. The van der Waals surface area contributed by atoms with E-state index in [0.717, 1.165) is 9.13 Å². The van der Waals surface area contributed by atoms with E-state index >= 15 is 0 Å². The van der Waals surface area contributed by atoms with Gasteiger partial charge in [0, 0.05) is 10.1 Å². The number of nitrogens with one attached hydrogen (secondary N) is 1. The van der Waals surface area contributed by atoms with Crippen LogP contribution in [0.3, 0.4) is 0 Å². The van der Waals surface area contributed by atoms with E-state index in [0.29, 0.717) is 12.2 Å². The molecule has 2 amide bonds. The summed E-state index contributed by atoms with van der Waals surface area (Å²) < 4.78 is 1.07. The summed E-state index contributed by atoms with van der Waals surface area (Å²) in [5.41, 5.74) is 1.73. The summed E-state index contributed by atoms with van der Waals surface area (Å²) in [5, 5.41) is 3.18. The lowest BCUT2D eigenvalue weighted by atomic mass is 10.2. The third-order valence-corrected chi connectivity index (χ3v) is 4.35. The quantitative estimate of drug-likeness (QED) is 0.628. The molecule has 3 rings (SSSR count). The number of benzene rings is 2. The van der Waals surface area contributed by atoms with Gasteiger partial charge in [0.15, 0.2) is 0 Å². The van der Waals surface area contributed by atoms with Crippen LogP contribution in [-0.4, -0.2) is 17.9 Å². The Balaban J connectivity index is 1.70.